The summed E-state index contributed by atoms with van der Waals surface area (Å²) in [5.74, 6) is -1.04. The molecule has 3 aromatic rings. The number of rotatable bonds is 4. The molecule has 0 aliphatic rings. The first kappa shape index (κ1) is 17.8. The third kappa shape index (κ3) is 3.66. The third-order valence-electron chi connectivity index (χ3n) is 3.68. The van der Waals surface area contributed by atoms with Crippen molar-refractivity contribution in [3.63, 3.8) is 0 Å². The summed E-state index contributed by atoms with van der Waals surface area (Å²) < 4.78 is 66.5. The predicted molar refractivity (Wildman–Crippen MR) is 84.8 cm³/mol. The van der Waals surface area contributed by atoms with Crippen LogP contribution in [0, 0.1) is 18.6 Å². The Hall–Kier alpha value is -2.97. The third-order valence-corrected chi connectivity index (χ3v) is 3.68. The minimum absolute atomic E-state index is 0.121. The van der Waals surface area contributed by atoms with Gasteiger partial charge >= 0.3 is 6.18 Å². The molecule has 2 heterocycles. The lowest BCUT2D eigenvalue weighted by atomic mass is 10.2. The maximum atomic E-state index is 13.6. The van der Waals surface area contributed by atoms with Crippen LogP contribution in [0.5, 0.6) is 0 Å². The molecule has 0 fully saturated rings. The number of aryl methyl sites for hydroxylation is 1. The first-order valence-electron chi connectivity index (χ1n) is 7.53. The van der Waals surface area contributed by atoms with Crippen molar-refractivity contribution in [2.45, 2.75) is 19.6 Å². The van der Waals surface area contributed by atoms with Gasteiger partial charge in [-0.2, -0.15) is 18.3 Å². The fourth-order valence-corrected chi connectivity index (χ4v) is 2.37. The topological polar surface area (TPSA) is 42.7 Å². The molecule has 0 radical (unpaired) electrons. The summed E-state index contributed by atoms with van der Waals surface area (Å²) in [4.78, 5) is 4.04. The lowest BCUT2D eigenvalue weighted by Gasteiger charge is -2.09. The maximum Gasteiger partial charge on any atom is 0.435 e. The lowest BCUT2D eigenvalue weighted by Crippen LogP contribution is -2.08. The molecule has 2 aromatic heterocycles. The summed E-state index contributed by atoms with van der Waals surface area (Å²) >= 11 is 0. The van der Waals surface area contributed by atoms with Crippen LogP contribution in [-0.2, 0) is 12.7 Å². The van der Waals surface area contributed by atoms with Gasteiger partial charge in [0.2, 0.25) is 0 Å². The summed E-state index contributed by atoms with van der Waals surface area (Å²) in [5.41, 5.74) is -0.489. The van der Waals surface area contributed by atoms with Crippen LogP contribution in [0.1, 0.15) is 17.0 Å². The van der Waals surface area contributed by atoms with Crippen LogP contribution in [0.15, 0.2) is 42.6 Å². The molecule has 0 aliphatic heterocycles. The van der Waals surface area contributed by atoms with Gasteiger partial charge in [-0.25, -0.2) is 18.4 Å². The van der Waals surface area contributed by atoms with E-state index < -0.39 is 23.5 Å². The Balaban J connectivity index is 1.76. The molecule has 1 N–H and O–H groups in total. The first-order valence-corrected chi connectivity index (χ1v) is 7.53. The molecule has 0 atom stereocenters. The second-order valence-corrected chi connectivity index (χ2v) is 5.54. The summed E-state index contributed by atoms with van der Waals surface area (Å²) in [6.07, 6.45) is -3.21. The standard InChI is InChI=1S/C17H13F5N4/c1-10-7-15(17(20,21)22)25-26(10)11-5-6-16(23-8-11)24-9-12-13(18)3-2-4-14(12)19/h2-8H,9H2,1H3,(H,23,24). The molecule has 0 spiro atoms. The van der Waals surface area contributed by atoms with Crippen LogP contribution in [-0.4, -0.2) is 14.8 Å². The number of alkyl halides is 3. The van der Waals surface area contributed by atoms with E-state index in [1.54, 1.807) is 0 Å². The Bertz CT molecular complexity index is 896. The second kappa shape index (κ2) is 6.74. The SMILES string of the molecule is Cc1cc(C(F)(F)F)nn1-c1ccc(NCc2c(F)cccc2F)nc1. The van der Waals surface area contributed by atoms with E-state index in [9.17, 15) is 22.0 Å². The Labute approximate surface area is 145 Å². The number of benzene rings is 1. The normalized spacial score (nSPS) is 11.6. The van der Waals surface area contributed by atoms with Gasteiger partial charge in [-0.3, -0.25) is 0 Å². The molecule has 26 heavy (non-hydrogen) atoms. The highest BCUT2D eigenvalue weighted by molar-refractivity contribution is 5.42. The van der Waals surface area contributed by atoms with E-state index in [0.717, 1.165) is 22.9 Å². The quantitative estimate of drug-likeness (QED) is 0.691. The van der Waals surface area contributed by atoms with Gasteiger partial charge in [0, 0.05) is 17.8 Å². The van der Waals surface area contributed by atoms with Crippen LogP contribution < -0.4 is 5.32 Å². The minimum Gasteiger partial charge on any atom is -0.366 e. The highest BCUT2D eigenvalue weighted by Gasteiger charge is 2.34. The van der Waals surface area contributed by atoms with Gasteiger partial charge in [0.25, 0.3) is 0 Å². The summed E-state index contributed by atoms with van der Waals surface area (Å²) in [6.45, 7) is 1.37. The van der Waals surface area contributed by atoms with Crippen LogP contribution >= 0.6 is 0 Å². The van der Waals surface area contributed by atoms with E-state index in [1.807, 2.05) is 0 Å². The Morgan fingerprint density at radius 2 is 1.77 bits per heavy atom. The average molecular weight is 368 g/mol. The van der Waals surface area contributed by atoms with Gasteiger partial charge in [-0.15, -0.1) is 0 Å². The number of hydrogen-bond donors (Lipinski definition) is 1. The monoisotopic (exact) mass is 368 g/mol. The zero-order chi connectivity index (χ0) is 18.9. The number of halogens is 5. The maximum absolute atomic E-state index is 13.6. The molecule has 0 aliphatic carbocycles. The van der Waals surface area contributed by atoms with Crippen molar-refractivity contribution in [1.29, 1.82) is 0 Å². The molecule has 0 unspecified atom stereocenters. The second-order valence-electron chi connectivity index (χ2n) is 5.54. The zero-order valence-corrected chi connectivity index (χ0v) is 13.5. The molecule has 0 bridgehead atoms. The number of anilines is 1. The number of nitrogens with zero attached hydrogens (tertiary/aromatic N) is 3. The van der Waals surface area contributed by atoms with E-state index in [1.165, 1.54) is 31.3 Å². The number of pyridine rings is 1. The van der Waals surface area contributed by atoms with Crippen LogP contribution in [0.4, 0.5) is 27.8 Å². The molecular weight excluding hydrogens is 355 g/mol. The van der Waals surface area contributed by atoms with Crippen molar-refractivity contribution in [2.24, 2.45) is 0 Å². The highest BCUT2D eigenvalue weighted by atomic mass is 19.4. The van der Waals surface area contributed by atoms with Gasteiger partial charge in [-0.05, 0) is 37.3 Å². The highest BCUT2D eigenvalue weighted by Crippen LogP contribution is 2.29. The molecule has 1 aromatic carbocycles. The number of aromatic nitrogens is 3. The molecule has 0 amide bonds. The summed E-state index contributed by atoms with van der Waals surface area (Å²) in [6, 6.07) is 7.50. The van der Waals surface area contributed by atoms with Gasteiger partial charge in [0.15, 0.2) is 5.69 Å². The molecule has 3 rings (SSSR count). The predicted octanol–water partition coefficient (Wildman–Crippen LogP) is 4.48. The van der Waals surface area contributed by atoms with Crippen molar-refractivity contribution < 1.29 is 22.0 Å². The van der Waals surface area contributed by atoms with E-state index in [-0.39, 0.29) is 12.1 Å². The number of nitrogens with one attached hydrogen (secondary N) is 1. The smallest absolute Gasteiger partial charge is 0.366 e. The van der Waals surface area contributed by atoms with Crippen molar-refractivity contribution in [3.05, 3.63) is 71.2 Å². The summed E-state index contributed by atoms with van der Waals surface area (Å²) in [5, 5.41) is 6.29. The van der Waals surface area contributed by atoms with Crippen molar-refractivity contribution in [1.82, 2.24) is 14.8 Å². The van der Waals surface area contributed by atoms with E-state index in [2.05, 4.69) is 15.4 Å². The fourth-order valence-electron chi connectivity index (χ4n) is 2.37. The Kier molecular flexibility index (Phi) is 4.62. The van der Waals surface area contributed by atoms with Gasteiger partial charge < -0.3 is 5.32 Å². The molecule has 0 saturated carbocycles. The van der Waals surface area contributed by atoms with E-state index in [4.69, 9.17) is 0 Å². The zero-order valence-electron chi connectivity index (χ0n) is 13.5. The van der Waals surface area contributed by atoms with E-state index in [0.29, 0.717) is 17.2 Å². The van der Waals surface area contributed by atoms with Crippen LogP contribution in [0.3, 0.4) is 0 Å². The van der Waals surface area contributed by atoms with Gasteiger partial charge in [0.1, 0.15) is 17.5 Å². The van der Waals surface area contributed by atoms with Crippen molar-refractivity contribution >= 4 is 5.82 Å². The Morgan fingerprint density at radius 1 is 1.08 bits per heavy atom. The number of hydrogen-bond acceptors (Lipinski definition) is 3. The van der Waals surface area contributed by atoms with Crippen LogP contribution in [0.2, 0.25) is 0 Å². The molecule has 0 saturated heterocycles. The van der Waals surface area contributed by atoms with Gasteiger partial charge in [-0.1, -0.05) is 6.07 Å². The lowest BCUT2D eigenvalue weighted by molar-refractivity contribution is -0.141. The van der Waals surface area contributed by atoms with Crippen molar-refractivity contribution in [3.8, 4) is 5.69 Å². The van der Waals surface area contributed by atoms with Crippen molar-refractivity contribution in [2.75, 3.05) is 5.32 Å². The molecular formula is C17H13F5N4. The summed E-state index contributed by atoms with van der Waals surface area (Å²) in [7, 11) is 0. The minimum atomic E-state index is -4.53. The molecule has 9 heteroatoms. The largest absolute Gasteiger partial charge is 0.435 e. The Morgan fingerprint density at radius 3 is 2.31 bits per heavy atom. The van der Waals surface area contributed by atoms with Crippen LogP contribution in [0.25, 0.3) is 5.69 Å². The first-order chi connectivity index (χ1) is 12.3. The fraction of sp³-hybridized carbons (Fsp3) is 0.176. The average Bonchev–Trinajstić information content (AvgIpc) is 2.97. The molecule has 4 nitrogen and oxygen atoms in total. The van der Waals surface area contributed by atoms with E-state index >= 15 is 0 Å². The molecule has 136 valence electrons. The van der Waals surface area contributed by atoms with Gasteiger partial charge in [0.05, 0.1) is 11.9 Å².